The third-order valence-corrected chi connectivity index (χ3v) is 5.92. The molecule has 4 rings (SSSR count). The van der Waals surface area contributed by atoms with Crippen LogP contribution in [-0.2, 0) is 14.3 Å². The van der Waals surface area contributed by atoms with E-state index in [1.165, 1.54) is 0 Å². The average molecular weight is 452 g/mol. The van der Waals surface area contributed by atoms with E-state index in [1.54, 1.807) is 53.7 Å². The largest absolute Gasteiger partial charge is 0.507 e. The van der Waals surface area contributed by atoms with Gasteiger partial charge in [-0.3, -0.25) is 19.5 Å². The van der Waals surface area contributed by atoms with E-state index < -0.39 is 17.7 Å². The minimum Gasteiger partial charge on any atom is -0.507 e. The molecule has 1 aromatic carbocycles. The Labute approximate surface area is 193 Å². The fraction of sp³-hybridized carbons (Fsp3) is 0.400. The predicted molar refractivity (Wildman–Crippen MR) is 123 cm³/mol. The molecule has 0 radical (unpaired) electrons. The van der Waals surface area contributed by atoms with Crippen LogP contribution < -0.4 is 4.74 Å². The number of carbonyl (C=O) groups is 2. The summed E-state index contributed by atoms with van der Waals surface area (Å²) >= 11 is 0. The quantitative estimate of drug-likeness (QED) is 0.375. The lowest BCUT2D eigenvalue weighted by molar-refractivity contribution is -0.140. The number of ether oxygens (including phenoxy) is 2. The molecule has 2 aliphatic heterocycles. The van der Waals surface area contributed by atoms with Gasteiger partial charge >= 0.3 is 0 Å². The highest BCUT2D eigenvalue weighted by molar-refractivity contribution is 6.46. The summed E-state index contributed by atoms with van der Waals surface area (Å²) in [5, 5.41) is 11.1. The molecule has 1 atom stereocenters. The molecule has 0 unspecified atom stereocenters. The molecule has 0 saturated carbocycles. The van der Waals surface area contributed by atoms with Gasteiger partial charge in [-0.2, -0.15) is 0 Å². The summed E-state index contributed by atoms with van der Waals surface area (Å²) < 4.78 is 11.0. The van der Waals surface area contributed by atoms with Crippen molar-refractivity contribution in [3.8, 4) is 5.75 Å². The van der Waals surface area contributed by atoms with Crippen molar-refractivity contribution < 1.29 is 24.2 Å². The van der Waals surface area contributed by atoms with Crippen LogP contribution in [0, 0.1) is 0 Å². The Morgan fingerprint density at radius 3 is 2.45 bits per heavy atom. The van der Waals surface area contributed by atoms with Crippen LogP contribution in [0.4, 0.5) is 0 Å². The fourth-order valence-corrected chi connectivity index (χ4v) is 4.16. The molecule has 2 fully saturated rings. The highest BCUT2D eigenvalue weighted by Crippen LogP contribution is 2.39. The van der Waals surface area contributed by atoms with Gasteiger partial charge < -0.3 is 19.5 Å². The predicted octanol–water partition coefficient (Wildman–Crippen LogP) is 2.62. The molecule has 2 aromatic rings. The van der Waals surface area contributed by atoms with E-state index in [2.05, 4.69) is 9.88 Å². The molecule has 2 saturated heterocycles. The lowest BCUT2D eigenvalue weighted by Crippen LogP contribution is -2.42. The Kier molecular flexibility index (Phi) is 7.36. The highest BCUT2D eigenvalue weighted by atomic mass is 16.5. The van der Waals surface area contributed by atoms with E-state index in [0.29, 0.717) is 44.2 Å². The minimum atomic E-state index is -0.678. The van der Waals surface area contributed by atoms with Gasteiger partial charge in [0.2, 0.25) is 0 Å². The van der Waals surface area contributed by atoms with Gasteiger partial charge in [0, 0.05) is 44.1 Å². The summed E-state index contributed by atoms with van der Waals surface area (Å²) in [6, 6.07) is 9.77. The lowest BCUT2D eigenvalue weighted by Gasteiger charge is -2.30. The molecule has 8 heteroatoms. The maximum absolute atomic E-state index is 13.1. The number of aliphatic hydroxyl groups is 1. The van der Waals surface area contributed by atoms with Crippen LogP contribution in [-0.4, -0.2) is 77.6 Å². The van der Waals surface area contributed by atoms with Crippen molar-refractivity contribution in [3.05, 3.63) is 65.5 Å². The smallest absolute Gasteiger partial charge is 0.295 e. The van der Waals surface area contributed by atoms with Crippen LogP contribution in [0.2, 0.25) is 0 Å². The first kappa shape index (κ1) is 22.9. The number of carbonyl (C=O) groups excluding carboxylic acids is 2. The number of amides is 1. The van der Waals surface area contributed by atoms with Crippen molar-refractivity contribution >= 4 is 17.4 Å². The molecule has 1 amide bonds. The Morgan fingerprint density at radius 1 is 1.09 bits per heavy atom. The maximum Gasteiger partial charge on any atom is 0.295 e. The van der Waals surface area contributed by atoms with Gasteiger partial charge in [0.05, 0.1) is 31.4 Å². The summed E-state index contributed by atoms with van der Waals surface area (Å²) in [5.74, 6) is -0.784. The normalized spacial score (nSPS) is 20.9. The second-order valence-corrected chi connectivity index (χ2v) is 8.10. The van der Waals surface area contributed by atoms with Crippen LogP contribution in [0.15, 0.2) is 54.4 Å². The summed E-state index contributed by atoms with van der Waals surface area (Å²) in [6.45, 7) is 6.51. The van der Waals surface area contributed by atoms with Crippen molar-refractivity contribution in [2.45, 2.75) is 19.4 Å². The van der Waals surface area contributed by atoms with E-state index >= 15 is 0 Å². The molecule has 0 bridgehead atoms. The number of rotatable bonds is 8. The van der Waals surface area contributed by atoms with Gasteiger partial charge in [-0.05, 0) is 48.4 Å². The monoisotopic (exact) mass is 451 g/mol. The third kappa shape index (κ3) is 5.07. The number of nitrogens with zero attached hydrogens (tertiary/aromatic N) is 3. The van der Waals surface area contributed by atoms with E-state index in [-0.39, 0.29) is 11.3 Å². The summed E-state index contributed by atoms with van der Waals surface area (Å²) in [4.78, 5) is 33.9. The fourth-order valence-electron chi connectivity index (χ4n) is 4.16. The van der Waals surface area contributed by atoms with E-state index in [4.69, 9.17) is 9.47 Å². The van der Waals surface area contributed by atoms with Crippen LogP contribution in [0.3, 0.4) is 0 Å². The van der Waals surface area contributed by atoms with Crippen LogP contribution in [0.1, 0.15) is 30.5 Å². The molecule has 33 heavy (non-hydrogen) atoms. The van der Waals surface area contributed by atoms with E-state index in [9.17, 15) is 14.7 Å². The summed E-state index contributed by atoms with van der Waals surface area (Å²) in [6.07, 6.45) is 4.14. The van der Waals surface area contributed by atoms with Gasteiger partial charge in [-0.1, -0.05) is 6.92 Å². The standard InChI is InChI=1S/C25H29N3O5/c1-2-15-33-20-5-3-19(4-6-20)23(29)21-22(18-7-9-26-10-8-18)28(25(31)24(21)30)12-11-27-13-16-32-17-14-27/h3-10,22,29H,2,11-17H2,1H3/b23-21+/t22-/m1/s1. The van der Waals surface area contributed by atoms with Crippen molar-refractivity contribution in [2.24, 2.45) is 0 Å². The van der Waals surface area contributed by atoms with Gasteiger partial charge in [-0.25, -0.2) is 0 Å². The van der Waals surface area contributed by atoms with Crippen molar-refractivity contribution in [1.29, 1.82) is 0 Å². The minimum absolute atomic E-state index is 0.0930. The molecule has 8 nitrogen and oxygen atoms in total. The topological polar surface area (TPSA) is 92.2 Å². The highest BCUT2D eigenvalue weighted by Gasteiger charge is 2.46. The average Bonchev–Trinajstić information content (AvgIpc) is 3.12. The van der Waals surface area contributed by atoms with Gasteiger partial charge in [0.15, 0.2) is 0 Å². The van der Waals surface area contributed by atoms with Crippen LogP contribution in [0.25, 0.3) is 5.76 Å². The molecular weight excluding hydrogens is 422 g/mol. The molecular formula is C25H29N3O5. The molecule has 0 spiro atoms. The number of ketones is 1. The zero-order valence-corrected chi connectivity index (χ0v) is 18.8. The summed E-state index contributed by atoms with van der Waals surface area (Å²) in [7, 11) is 0. The van der Waals surface area contributed by atoms with Crippen LogP contribution in [0.5, 0.6) is 5.75 Å². The zero-order chi connectivity index (χ0) is 23.2. The van der Waals surface area contributed by atoms with E-state index in [0.717, 1.165) is 25.1 Å². The number of benzene rings is 1. The third-order valence-electron chi connectivity index (χ3n) is 5.92. The van der Waals surface area contributed by atoms with Crippen molar-refractivity contribution in [2.75, 3.05) is 46.0 Å². The second-order valence-electron chi connectivity index (χ2n) is 8.10. The molecule has 3 heterocycles. The van der Waals surface area contributed by atoms with Gasteiger partial charge in [0.1, 0.15) is 11.5 Å². The number of Topliss-reactive ketones (excluding diaryl/α,β-unsaturated/α-hetero) is 1. The van der Waals surface area contributed by atoms with Gasteiger partial charge in [-0.15, -0.1) is 0 Å². The van der Waals surface area contributed by atoms with Gasteiger partial charge in [0.25, 0.3) is 11.7 Å². The Hall–Kier alpha value is -3.23. The SMILES string of the molecule is CCCOc1ccc(/C(O)=C2\C(=O)C(=O)N(CCN3CCOCC3)[C@@H]2c2ccncc2)cc1. The number of likely N-dealkylation sites (tertiary alicyclic amines) is 1. The first-order valence-electron chi connectivity index (χ1n) is 11.3. The van der Waals surface area contributed by atoms with E-state index in [1.807, 2.05) is 6.92 Å². The first-order valence-corrected chi connectivity index (χ1v) is 11.3. The maximum atomic E-state index is 13.1. The summed E-state index contributed by atoms with van der Waals surface area (Å²) in [5.41, 5.74) is 1.29. The Bertz CT molecular complexity index is 1000. The molecule has 0 aliphatic carbocycles. The second kappa shape index (κ2) is 10.6. The van der Waals surface area contributed by atoms with Crippen molar-refractivity contribution in [1.82, 2.24) is 14.8 Å². The molecule has 1 N–H and O–H groups in total. The number of aromatic nitrogens is 1. The first-order chi connectivity index (χ1) is 16.1. The number of pyridine rings is 1. The lowest BCUT2D eigenvalue weighted by atomic mass is 9.96. The number of hydrogen-bond acceptors (Lipinski definition) is 7. The van der Waals surface area contributed by atoms with Crippen LogP contribution >= 0.6 is 0 Å². The zero-order valence-electron chi connectivity index (χ0n) is 18.8. The number of morpholine rings is 1. The molecule has 1 aromatic heterocycles. The number of hydrogen-bond donors (Lipinski definition) is 1. The Morgan fingerprint density at radius 2 is 1.79 bits per heavy atom. The Balaban J connectivity index is 1.66. The van der Waals surface area contributed by atoms with Crippen molar-refractivity contribution in [3.63, 3.8) is 0 Å². The molecule has 174 valence electrons. The number of aliphatic hydroxyl groups excluding tert-OH is 1. The molecule has 2 aliphatic rings.